The molecule has 0 bridgehead atoms. The van der Waals surface area contributed by atoms with Gasteiger partial charge in [0.15, 0.2) is 0 Å². The number of ether oxygens (including phenoxy) is 2. The predicted molar refractivity (Wildman–Crippen MR) is 118 cm³/mol. The van der Waals surface area contributed by atoms with Gasteiger partial charge in [-0.3, -0.25) is 9.59 Å². The van der Waals surface area contributed by atoms with Gasteiger partial charge in [0.25, 0.3) is 11.5 Å². The van der Waals surface area contributed by atoms with Gasteiger partial charge in [-0.05, 0) is 37.0 Å². The first-order valence-corrected chi connectivity index (χ1v) is 10.9. The summed E-state index contributed by atoms with van der Waals surface area (Å²) in [5, 5.41) is 8.22. The lowest BCUT2D eigenvalue weighted by atomic mass is 10.0. The molecule has 1 N–H and O–H groups in total. The summed E-state index contributed by atoms with van der Waals surface area (Å²) in [5.74, 6) is 1.46. The Labute approximate surface area is 183 Å². The third kappa shape index (κ3) is 4.48. The summed E-state index contributed by atoms with van der Waals surface area (Å²) in [6.07, 6.45) is 2.29. The largest absolute Gasteiger partial charge is 0.497 e. The molecule has 0 radical (unpaired) electrons. The number of benzene rings is 1. The van der Waals surface area contributed by atoms with Crippen molar-refractivity contribution in [2.75, 3.05) is 32.2 Å². The first-order valence-electron chi connectivity index (χ1n) is 10.1. The maximum absolute atomic E-state index is 13.0. The SMILES string of the molecule is COc1ccc(OC)c(CNC(=O)c2cc(=O)nc3sc(N4CCC[C@H](C)C4)nn23)c1. The van der Waals surface area contributed by atoms with Crippen molar-refractivity contribution in [2.24, 2.45) is 5.92 Å². The summed E-state index contributed by atoms with van der Waals surface area (Å²) < 4.78 is 12.1. The molecule has 1 aliphatic rings. The molecule has 164 valence electrons. The van der Waals surface area contributed by atoms with Gasteiger partial charge < -0.3 is 19.7 Å². The van der Waals surface area contributed by atoms with Gasteiger partial charge in [0.05, 0.1) is 14.2 Å². The Morgan fingerprint density at radius 3 is 2.87 bits per heavy atom. The molecule has 0 aliphatic carbocycles. The second-order valence-electron chi connectivity index (χ2n) is 7.61. The van der Waals surface area contributed by atoms with E-state index in [0.29, 0.717) is 22.4 Å². The Morgan fingerprint density at radius 1 is 1.29 bits per heavy atom. The van der Waals surface area contributed by atoms with E-state index in [4.69, 9.17) is 9.47 Å². The van der Waals surface area contributed by atoms with Crippen LogP contribution in [0.1, 0.15) is 35.8 Å². The van der Waals surface area contributed by atoms with Gasteiger partial charge >= 0.3 is 0 Å². The number of piperidine rings is 1. The van der Waals surface area contributed by atoms with E-state index in [1.54, 1.807) is 32.4 Å². The van der Waals surface area contributed by atoms with Gasteiger partial charge in [-0.1, -0.05) is 18.3 Å². The number of fused-ring (bicyclic) bond motifs is 1. The molecular formula is C21H25N5O4S. The highest BCUT2D eigenvalue weighted by Gasteiger charge is 2.22. The Hall–Kier alpha value is -3.14. The van der Waals surface area contributed by atoms with Crippen LogP contribution in [0, 0.1) is 5.92 Å². The van der Waals surface area contributed by atoms with Crippen LogP contribution < -0.4 is 25.2 Å². The maximum Gasteiger partial charge on any atom is 0.274 e. The average molecular weight is 444 g/mol. The van der Waals surface area contributed by atoms with E-state index in [-0.39, 0.29) is 12.2 Å². The number of carbonyl (C=O) groups excluding carboxylic acids is 1. The van der Waals surface area contributed by atoms with Crippen LogP contribution in [-0.2, 0) is 6.54 Å². The van der Waals surface area contributed by atoms with E-state index in [1.807, 2.05) is 0 Å². The predicted octanol–water partition coefficient (Wildman–Crippen LogP) is 2.33. The highest BCUT2D eigenvalue weighted by atomic mass is 32.1. The van der Waals surface area contributed by atoms with Crippen molar-refractivity contribution >= 4 is 27.3 Å². The molecule has 1 amide bonds. The van der Waals surface area contributed by atoms with E-state index in [1.165, 1.54) is 28.3 Å². The van der Waals surface area contributed by atoms with Crippen LogP contribution >= 0.6 is 11.3 Å². The molecule has 1 fully saturated rings. The normalized spacial score (nSPS) is 16.4. The van der Waals surface area contributed by atoms with Gasteiger partial charge in [0, 0.05) is 31.3 Å². The highest BCUT2D eigenvalue weighted by molar-refractivity contribution is 7.20. The zero-order chi connectivity index (χ0) is 22.0. The van der Waals surface area contributed by atoms with Crippen LogP contribution in [0.5, 0.6) is 11.5 Å². The van der Waals surface area contributed by atoms with E-state index < -0.39 is 11.5 Å². The zero-order valence-corrected chi connectivity index (χ0v) is 18.6. The van der Waals surface area contributed by atoms with Crippen LogP contribution in [-0.4, -0.2) is 47.8 Å². The van der Waals surface area contributed by atoms with Gasteiger partial charge in [0.2, 0.25) is 10.1 Å². The molecular weight excluding hydrogens is 418 g/mol. The molecule has 3 heterocycles. The number of aromatic nitrogens is 3. The first-order chi connectivity index (χ1) is 15.0. The molecule has 0 spiro atoms. The van der Waals surface area contributed by atoms with Gasteiger partial charge in [-0.15, -0.1) is 5.10 Å². The van der Waals surface area contributed by atoms with Crippen molar-refractivity contribution in [3.05, 3.63) is 45.9 Å². The van der Waals surface area contributed by atoms with Gasteiger partial charge in [0.1, 0.15) is 17.2 Å². The molecule has 1 atom stereocenters. The molecule has 0 saturated carbocycles. The molecule has 2 aromatic heterocycles. The first kappa shape index (κ1) is 21.1. The molecule has 3 aromatic rings. The fourth-order valence-electron chi connectivity index (χ4n) is 3.74. The average Bonchev–Trinajstić information content (AvgIpc) is 3.20. The Morgan fingerprint density at radius 2 is 2.13 bits per heavy atom. The van der Waals surface area contributed by atoms with Crippen LogP contribution in [0.25, 0.3) is 4.96 Å². The quantitative estimate of drug-likeness (QED) is 0.624. The second-order valence-corrected chi connectivity index (χ2v) is 8.55. The number of nitrogens with zero attached hydrogens (tertiary/aromatic N) is 4. The molecule has 4 rings (SSSR count). The standard InChI is InChI=1S/C21H25N5O4S/c1-13-5-4-8-25(12-13)21-24-26-16(10-18(27)23-20(26)31-21)19(28)22-11-14-9-15(29-2)6-7-17(14)30-3/h6-7,9-10,13H,4-5,8,11-12H2,1-3H3,(H,22,28)/t13-/m0/s1. The molecule has 0 unspecified atom stereocenters. The third-order valence-corrected chi connectivity index (χ3v) is 6.30. The maximum atomic E-state index is 13.0. The Balaban J connectivity index is 1.60. The molecule has 1 aliphatic heterocycles. The van der Waals surface area contributed by atoms with Crippen molar-refractivity contribution in [3.63, 3.8) is 0 Å². The number of carbonyl (C=O) groups is 1. The lowest BCUT2D eigenvalue weighted by molar-refractivity contribution is 0.0943. The summed E-state index contributed by atoms with van der Waals surface area (Å²) >= 11 is 1.33. The third-order valence-electron chi connectivity index (χ3n) is 5.33. The molecule has 10 heteroatoms. The van der Waals surface area contributed by atoms with E-state index in [9.17, 15) is 9.59 Å². The number of hydrogen-bond donors (Lipinski definition) is 1. The number of anilines is 1. The molecule has 1 saturated heterocycles. The summed E-state index contributed by atoms with van der Waals surface area (Å²) in [6.45, 7) is 4.23. The second kappa shape index (κ2) is 8.93. The summed E-state index contributed by atoms with van der Waals surface area (Å²) in [4.78, 5) is 31.7. The zero-order valence-electron chi connectivity index (χ0n) is 17.8. The Bertz CT molecular complexity index is 1160. The number of amides is 1. The number of hydrogen-bond acceptors (Lipinski definition) is 8. The van der Waals surface area contributed by atoms with Gasteiger partial charge in [-0.25, -0.2) is 0 Å². The number of rotatable bonds is 6. The molecule has 31 heavy (non-hydrogen) atoms. The van der Waals surface area contributed by atoms with E-state index in [2.05, 4.69) is 27.2 Å². The minimum Gasteiger partial charge on any atom is -0.497 e. The van der Waals surface area contributed by atoms with Crippen molar-refractivity contribution in [2.45, 2.75) is 26.3 Å². The molecule has 1 aromatic carbocycles. The Kier molecular flexibility index (Phi) is 6.08. The van der Waals surface area contributed by atoms with Crippen LogP contribution in [0.15, 0.2) is 29.1 Å². The topological polar surface area (TPSA) is 98.1 Å². The van der Waals surface area contributed by atoms with Crippen molar-refractivity contribution in [1.29, 1.82) is 0 Å². The minimum atomic E-state index is -0.466. The van der Waals surface area contributed by atoms with Crippen molar-refractivity contribution in [1.82, 2.24) is 19.9 Å². The number of methoxy groups -OCH3 is 2. The fourth-order valence-corrected chi connectivity index (χ4v) is 4.69. The fraction of sp³-hybridized carbons (Fsp3) is 0.429. The summed E-state index contributed by atoms with van der Waals surface area (Å²) in [5.41, 5.74) is 0.449. The van der Waals surface area contributed by atoms with E-state index in [0.717, 1.165) is 30.2 Å². The van der Waals surface area contributed by atoms with Crippen molar-refractivity contribution in [3.8, 4) is 11.5 Å². The lowest BCUT2D eigenvalue weighted by Gasteiger charge is -2.30. The van der Waals surface area contributed by atoms with Gasteiger partial charge in [-0.2, -0.15) is 9.50 Å². The lowest BCUT2D eigenvalue weighted by Crippen LogP contribution is -2.34. The van der Waals surface area contributed by atoms with Crippen LogP contribution in [0.2, 0.25) is 0 Å². The smallest absolute Gasteiger partial charge is 0.274 e. The summed E-state index contributed by atoms with van der Waals surface area (Å²) in [7, 11) is 3.14. The summed E-state index contributed by atoms with van der Waals surface area (Å²) in [6, 6.07) is 6.58. The van der Waals surface area contributed by atoms with Crippen LogP contribution in [0.3, 0.4) is 0 Å². The van der Waals surface area contributed by atoms with Crippen LogP contribution in [0.4, 0.5) is 5.13 Å². The monoisotopic (exact) mass is 443 g/mol. The molecule has 9 nitrogen and oxygen atoms in total. The van der Waals surface area contributed by atoms with E-state index >= 15 is 0 Å². The highest BCUT2D eigenvalue weighted by Crippen LogP contribution is 2.27. The van der Waals surface area contributed by atoms with Crippen molar-refractivity contribution < 1.29 is 14.3 Å². The minimum absolute atomic E-state index is 0.157. The number of nitrogens with one attached hydrogen (secondary N) is 1.